The quantitative estimate of drug-likeness (QED) is 0.180. The molecule has 1 aliphatic rings. The lowest BCUT2D eigenvalue weighted by atomic mass is 9.75. The molecule has 4 atom stereocenters. The van der Waals surface area contributed by atoms with Crippen LogP contribution >= 0.6 is 0 Å². The monoisotopic (exact) mass is 514 g/mol. The van der Waals surface area contributed by atoms with Crippen molar-refractivity contribution >= 4 is 30.1 Å². The summed E-state index contributed by atoms with van der Waals surface area (Å²) in [7, 11) is 0. The van der Waals surface area contributed by atoms with E-state index in [2.05, 4.69) is 0 Å². The first-order valence-corrected chi connectivity index (χ1v) is 11.2. The summed E-state index contributed by atoms with van der Waals surface area (Å²) < 4.78 is 10.6. The molecule has 0 spiro atoms. The minimum absolute atomic E-state index is 0.328. The Hall–Kier alpha value is -4.51. The van der Waals surface area contributed by atoms with Crippen LogP contribution in [0.25, 0.3) is 12.2 Å². The second kappa shape index (κ2) is 11.0. The van der Waals surface area contributed by atoms with Gasteiger partial charge in [-0.25, -0.2) is 14.4 Å². The molecule has 2 unspecified atom stereocenters. The van der Waals surface area contributed by atoms with E-state index in [9.17, 15) is 45.0 Å². The molecule has 1 fully saturated rings. The van der Waals surface area contributed by atoms with E-state index < -0.39 is 60.2 Å². The standard InChI is InChI=1S/C26H26O11/c1-14-21(31)12-26(25(34)35,37-24(33)9-5-16-3-7-18(28)20(30)11-16)13-22(14)36-23(32)8-4-15-2-6-17(27)19(29)10-15/h2-11,14,21-22,27-31H,12-13H2,1H3,(H,34,35)/b8-4+,9-5+/t14-,21?,22?,26+/m1/s1. The maximum absolute atomic E-state index is 12.5. The van der Waals surface area contributed by atoms with Gasteiger partial charge < -0.3 is 40.1 Å². The molecular formula is C26H26O11. The van der Waals surface area contributed by atoms with Crippen LogP contribution in [0.5, 0.6) is 23.0 Å². The number of aliphatic hydroxyl groups is 1. The number of carbonyl (C=O) groups excluding carboxylic acids is 2. The molecule has 196 valence electrons. The number of benzene rings is 2. The number of rotatable bonds is 7. The maximum atomic E-state index is 12.5. The van der Waals surface area contributed by atoms with Crippen molar-refractivity contribution in [1.29, 1.82) is 0 Å². The van der Waals surface area contributed by atoms with Crippen molar-refractivity contribution < 1.29 is 54.5 Å². The normalized spacial score (nSPS) is 23.7. The number of carboxylic acids is 1. The molecule has 1 saturated carbocycles. The van der Waals surface area contributed by atoms with Crippen LogP contribution in [0.3, 0.4) is 0 Å². The van der Waals surface area contributed by atoms with Gasteiger partial charge in [-0.15, -0.1) is 0 Å². The Kier molecular flexibility index (Phi) is 8.08. The van der Waals surface area contributed by atoms with Gasteiger partial charge in [-0.2, -0.15) is 0 Å². The second-order valence-corrected chi connectivity index (χ2v) is 8.69. The van der Waals surface area contributed by atoms with Crippen molar-refractivity contribution in [2.75, 3.05) is 0 Å². The van der Waals surface area contributed by atoms with E-state index in [1.54, 1.807) is 6.92 Å². The van der Waals surface area contributed by atoms with Gasteiger partial charge in [0, 0.05) is 30.9 Å². The Morgan fingerprint density at radius 2 is 1.35 bits per heavy atom. The average molecular weight is 514 g/mol. The molecule has 0 aromatic heterocycles. The van der Waals surface area contributed by atoms with Gasteiger partial charge in [-0.3, -0.25) is 0 Å². The van der Waals surface area contributed by atoms with E-state index >= 15 is 0 Å². The molecule has 0 amide bonds. The van der Waals surface area contributed by atoms with E-state index in [0.29, 0.717) is 11.1 Å². The molecule has 1 aliphatic carbocycles. The third kappa shape index (κ3) is 6.58. The highest BCUT2D eigenvalue weighted by molar-refractivity contribution is 5.91. The summed E-state index contributed by atoms with van der Waals surface area (Å²) in [5.41, 5.74) is -1.47. The Bertz CT molecular complexity index is 1250. The van der Waals surface area contributed by atoms with E-state index in [0.717, 1.165) is 12.2 Å². The fourth-order valence-electron chi connectivity index (χ4n) is 3.85. The minimum atomic E-state index is -2.18. The van der Waals surface area contributed by atoms with E-state index in [1.807, 2.05) is 0 Å². The summed E-state index contributed by atoms with van der Waals surface area (Å²) in [5.74, 6) is -5.60. The third-order valence-electron chi connectivity index (χ3n) is 6.04. The molecule has 11 nitrogen and oxygen atoms in total. The average Bonchev–Trinajstić information content (AvgIpc) is 2.83. The maximum Gasteiger partial charge on any atom is 0.348 e. The Balaban J connectivity index is 1.73. The summed E-state index contributed by atoms with van der Waals surface area (Å²) in [6.45, 7) is 1.56. The van der Waals surface area contributed by atoms with Crippen LogP contribution in [-0.4, -0.2) is 66.4 Å². The molecule has 0 saturated heterocycles. The van der Waals surface area contributed by atoms with E-state index in [4.69, 9.17) is 9.47 Å². The Morgan fingerprint density at radius 3 is 1.84 bits per heavy atom. The molecule has 6 N–H and O–H groups in total. The van der Waals surface area contributed by atoms with Crippen molar-refractivity contribution in [1.82, 2.24) is 0 Å². The fourth-order valence-corrected chi connectivity index (χ4v) is 3.85. The topological polar surface area (TPSA) is 191 Å². The first-order valence-electron chi connectivity index (χ1n) is 11.2. The van der Waals surface area contributed by atoms with Gasteiger partial charge in [0.15, 0.2) is 23.0 Å². The first kappa shape index (κ1) is 27.1. The smallest absolute Gasteiger partial charge is 0.348 e. The number of hydrogen-bond acceptors (Lipinski definition) is 10. The number of hydrogen-bond donors (Lipinski definition) is 6. The molecule has 2 aromatic rings. The number of aliphatic carboxylic acids is 1. The zero-order chi connectivity index (χ0) is 27.3. The zero-order valence-corrected chi connectivity index (χ0v) is 19.6. The SMILES string of the molecule is C[C@@H]1C(O)C[C@@](OC(=O)/C=C/c2ccc(O)c(O)c2)(C(=O)O)CC1OC(=O)/C=C/c1ccc(O)c(O)c1. The lowest BCUT2D eigenvalue weighted by Crippen LogP contribution is -2.56. The molecule has 0 bridgehead atoms. The number of phenols is 4. The summed E-state index contributed by atoms with van der Waals surface area (Å²) in [6.07, 6.45) is 1.27. The van der Waals surface area contributed by atoms with Gasteiger partial charge >= 0.3 is 17.9 Å². The summed E-state index contributed by atoms with van der Waals surface area (Å²) >= 11 is 0. The molecule has 37 heavy (non-hydrogen) atoms. The lowest BCUT2D eigenvalue weighted by Gasteiger charge is -2.42. The van der Waals surface area contributed by atoms with Crippen molar-refractivity contribution in [2.24, 2.45) is 5.92 Å². The first-order chi connectivity index (χ1) is 17.4. The molecule has 0 aliphatic heterocycles. The molecule has 0 radical (unpaired) electrons. The highest BCUT2D eigenvalue weighted by Crippen LogP contribution is 2.38. The fraction of sp³-hybridized carbons (Fsp3) is 0.269. The number of aromatic hydroxyl groups is 4. The van der Waals surface area contributed by atoms with Crippen LogP contribution in [0.15, 0.2) is 48.6 Å². The molecule has 0 heterocycles. The Morgan fingerprint density at radius 1 is 0.838 bits per heavy atom. The lowest BCUT2D eigenvalue weighted by molar-refractivity contribution is -0.198. The van der Waals surface area contributed by atoms with E-state index in [1.165, 1.54) is 48.6 Å². The van der Waals surface area contributed by atoms with Crippen LogP contribution in [0, 0.1) is 5.92 Å². The third-order valence-corrected chi connectivity index (χ3v) is 6.04. The number of ether oxygens (including phenoxy) is 2. The highest BCUT2D eigenvalue weighted by atomic mass is 16.6. The predicted molar refractivity (Wildman–Crippen MR) is 128 cm³/mol. The van der Waals surface area contributed by atoms with Crippen molar-refractivity contribution in [2.45, 2.75) is 37.6 Å². The molecule has 11 heteroatoms. The summed E-state index contributed by atoms with van der Waals surface area (Å²) in [4.78, 5) is 37.0. The van der Waals surface area contributed by atoms with Crippen LogP contribution in [0.2, 0.25) is 0 Å². The van der Waals surface area contributed by atoms with Crippen LogP contribution in [-0.2, 0) is 23.9 Å². The van der Waals surface area contributed by atoms with Crippen LogP contribution in [0.4, 0.5) is 0 Å². The number of carbonyl (C=O) groups is 3. The zero-order valence-electron chi connectivity index (χ0n) is 19.6. The van der Waals surface area contributed by atoms with Gasteiger partial charge in [0.05, 0.1) is 6.10 Å². The van der Waals surface area contributed by atoms with Gasteiger partial charge in [-0.05, 0) is 47.5 Å². The number of esters is 2. The van der Waals surface area contributed by atoms with E-state index in [-0.39, 0.29) is 17.2 Å². The van der Waals surface area contributed by atoms with Gasteiger partial charge in [0.2, 0.25) is 5.60 Å². The summed E-state index contributed by atoms with van der Waals surface area (Å²) in [5, 5.41) is 58.2. The van der Waals surface area contributed by atoms with Crippen molar-refractivity contribution in [3.05, 3.63) is 59.7 Å². The summed E-state index contributed by atoms with van der Waals surface area (Å²) in [6, 6.07) is 7.67. The largest absolute Gasteiger partial charge is 0.504 e. The van der Waals surface area contributed by atoms with Crippen LogP contribution < -0.4 is 0 Å². The molecule has 2 aromatic carbocycles. The number of carboxylic acid groups (broad SMARTS) is 1. The van der Waals surface area contributed by atoms with Gasteiger partial charge in [0.1, 0.15) is 6.10 Å². The Labute approximate surface area is 211 Å². The highest BCUT2D eigenvalue weighted by Gasteiger charge is 2.53. The van der Waals surface area contributed by atoms with Crippen molar-refractivity contribution in [3.63, 3.8) is 0 Å². The van der Waals surface area contributed by atoms with Crippen LogP contribution in [0.1, 0.15) is 30.9 Å². The second-order valence-electron chi connectivity index (χ2n) is 8.69. The van der Waals surface area contributed by atoms with Crippen molar-refractivity contribution in [3.8, 4) is 23.0 Å². The minimum Gasteiger partial charge on any atom is -0.504 e. The molecule has 3 rings (SSSR count). The number of aliphatic hydroxyl groups excluding tert-OH is 1. The predicted octanol–water partition coefficient (Wildman–Crippen LogP) is 2.30. The van der Waals surface area contributed by atoms with Gasteiger partial charge in [-0.1, -0.05) is 19.1 Å². The molecular weight excluding hydrogens is 488 g/mol. The van der Waals surface area contributed by atoms with Gasteiger partial charge in [0.25, 0.3) is 0 Å². The number of phenolic OH excluding ortho intramolecular Hbond substituents is 4.